The molecule has 0 radical (unpaired) electrons. The van der Waals surface area contributed by atoms with Crippen molar-refractivity contribution in [3.8, 4) is 5.75 Å². The second-order valence-corrected chi connectivity index (χ2v) is 11.6. The van der Waals surface area contributed by atoms with Crippen LogP contribution in [0.25, 0.3) is 5.57 Å². The molecule has 0 saturated heterocycles. The number of amides is 1. The van der Waals surface area contributed by atoms with Crippen LogP contribution in [0.5, 0.6) is 5.75 Å². The average Bonchev–Trinajstić information content (AvgIpc) is 3.55. The summed E-state index contributed by atoms with van der Waals surface area (Å²) in [5.74, 6) is -1.19. The minimum Gasteiger partial charge on any atom is -0.494 e. The molecule has 1 fully saturated rings. The van der Waals surface area contributed by atoms with Crippen LogP contribution >= 0.6 is 0 Å². The Hall–Kier alpha value is -3.03. The molecule has 14 heteroatoms. The van der Waals surface area contributed by atoms with Gasteiger partial charge in [-0.05, 0) is 61.4 Å². The van der Waals surface area contributed by atoms with Gasteiger partial charge >= 0.3 is 12.4 Å². The normalized spacial score (nSPS) is 20.7. The van der Waals surface area contributed by atoms with Crippen molar-refractivity contribution in [2.45, 2.75) is 68.9 Å². The lowest BCUT2D eigenvalue weighted by atomic mass is 9.79. The number of unbranched alkanes of at least 4 members (excludes halogenated alkanes) is 2. The number of hydrogen-bond donors (Lipinski definition) is 0. The van der Waals surface area contributed by atoms with Crippen molar-refractivity contribution < 1.29 is 44.3 Å². The fourth-order valence-corrected chi connectivity index (χ4v) is 5.90. The molecule has 39 heavy (non-hydrogen) atoms. The smallest absolute Gasteiger partial charge is 0.417 e. The molecule has 2 heterocycles. The van der Waals surface area contributed by atoms with Crippen LogP contribution in [-0.2, 0) is 20.4 Å². The summed E-state index contributed by atoms with van der Waals surface area (Å²) in [5.41, 5.74) is -3.61. The van der Waals surface area contributed by atoms with Crippen LogP contribution in [0.4, 0.5) is 26.3 Å². The summed E-state index contributed by atoms with van der Waals surface area (Å²) in [4.78, 5) is 13.0. The first-order chi connectivity index (χ1) is 18.1. The van der Waals surface area contributed by atoms with Crippen LogP contribution in [0, 0.1) is 0 Å². The van der Waals surface area contributed by atoms with Gasteiger partial charge in [-0.15, -0.1) is 0 Å². The van der Waals surface area contributed by atoms with Crippen LogP contribution in [0.15, 0.2) is 42.6 Å². The van der Waals surface area contributed by atoms with Crippen molar-refractivity contribution in [2.75, 3.05) is 12.9 Å². The lowest BCUT2D eigenvalue weighted by molar-refractivity contribution is -0.221. The van der Waals surface area contributed by atoms with Crippen LogP contribution < -0.4 is 4.74 Å². The zero-order valence-corrected chi connectivity index (χ0v) is 21.7. The van der Waals surface area contributed by atoms with Gasteiger partial charge in [-0.1, -0.05) is 12.1 Å². The third-order valence-electron chi connectivity index (χ3n) is 6.65. The molecule has 1 aliphatic carbocycles. The monoisotopic (exact) mass is 579 g/mol. The topological polar surface area (TPSA) is 81.5 Å². The first-order valence-electron chi connectivity index (χ1n) is 12.3. The molecule has 1 unspecified atom stereocenters. The minimum absolute atomic E-state index is 0.0455. The second-order valence-electron chi connectivity index (χ2n) is 9.78. The summed E-state index contributed by atoms with van der Waals surface area (Å²) in [6.07, 6.45) is -5.93. The number of benzene rings is 1. The number of hydrogen-bond acceptors (Lipinski definition) is 5. The minimum atomic E-state index is -5.20. The molecule has 7 nitrogen and oxygen atoms in total. The van der Waals surface area contributed by atoms with E-state index in [2.05, 4.69) is 5.10 Å². The molecule has 1 saturated carbocycles. The highest BCUT2D eigenvalue weighted by Gasteiger charge is 2.65. The third-order valence-corrected chi connectivity index (χ3v) is 7.81. The van der Waals surface area contributed by atoms with E-state index in [9.17, 15) is 39.6 Å². The number of carbonyl (C=O) groups excluding carboxylic acids is 1. The molecule has 2 aromatic rings. The van der Waals surface area contributed by atoms with Crippen molar-refractivity contribution in [3.63, 3.8) is 0 Å². The molecular weight excluding hydrogens is 552 g/mol. The van der Waals surface area contributed by atoms with Gasteiger partial charge in [-0.3, -0.25) is 9.48 Å². The number of rotatable bonds is 10. The van der Waals surface area contributed by atoms with E-state index in [1.165, 1.54) is 18.2 Å². The fourth-order valence-electron chi connectivity index (χ4n) is 4.68. The average molecular weight is 580 g/mol. The van der Waals surface area contributed by atoms with Gasteiger partial charge < -0.3 is 4.74 Å². The van der Waals surface area contributed by atoms with Gasteiger partial charge in [0.2, 0.25) is 10.0 Å². The molecule has 4 rings (SSSR count). The molecule has 0 bridgehead atoms. The first kappa shape index (κ1) is 29.0. The lowest BCUT2D eigenvalue weighted by Crippen LogP contribution is -2.61. The predicted octanol–water partition coefficient (Wildman–Crippen LogP) is 5.75. The van der Waals surface area contributed by atoms with Crippen LogP contribution in [0.2, 0.25) is 0 Å². The van der Waals surface area contributed by atoms with E-state index in [1.807, 2.05) is 0 Å². The Labute approximate surface area is 221 Å². The lowest BCUT2D eigenvalue weighted by Gasteiger charge is -2.45. The molecule has 1 aromatic heterocycles. The SMILES string of the molecule is CS(=O)(=O)N1C(=O)C=C(c2ccn(C3CC3)n2)CC1(c1ccc(OCCCCCC(F)(F)F)cc1)C(F)(F)F. The largest absolute Gasteiger partial charge is 0.494 e. The summed E-state index contributed by atoms with van der Waals surface area (Å²) in [7, 11) is -4.68. The van der Waals surface area contributed by atoms with Gasteiger partial charge in [-0.25, -0.2) is 12.7 Å². The Morgan fingerprint density at radius 3 is 2.26 bits per heavy atom. The molecule has 1 atom stereocenters. The molecule has 1 aromatic carbocycles. The molecule has 0 N–H and O–H groups in total. The van der Waals surface area contributed by atoms with Crippen molar-refractivity contribution in [3.05, 3.63) is 53.9 Å². The number of nitrogens with zero attached hydrogens (tertiary/aromatic N) is 3. The fraction of sp³-hybridized carbons (Fsp3) is 0.520. The van der Waals surface area contributed by atoms with E-state index in [0.29, 0.717) is 12.7 Å². The van der Waals surface area contributed by atoms with E-state index in [4.69, 9.17) is 4.74 Å². The van der Waals surface area contributed by atoms with Gasteiger partial charge in [-0.2, -0.15) is 31.4 Å². The Morgan fingerprint density at radius 2 is 1.69 bits per heavy atom. The van der Waals surface area contributed by atoms with Gasteiger partial charge in [0.05, 0.1) is 24.6 Å². The first-order valence-corrected chi connectivity index (χ1v) is 14.1. The zero-order valence-electron chi connectivity index (χ0n) is 20.9. The van der Waals surface area contributed by atoms with E-state index < -0.39 is 52.2 Å². The van der Waals surface area contributed by atoms with Crippen molar-refractivity contribution in [1.29, 1.82) is 0 Å². The van der Waals surface area contributed by atoms with E-state index in [-0.39, 0.29) is 46.8 Å². The van der Waals surface area contributed by atoms with E-state index in [1.54, 1.807) is 10.9 Å². The van der Waals surface area contributed by atoms with Gasteiger partial charge in [0, 0.05) is 25.1 Å². The van der Waals surface area contributed by atoms with Crippen molar-refractivity contribution in [1.82, 2.24) is 14.1 Å². The number of carbonyl (C=O) groups is 1. The molecule has 2 aliphatic rings. The summed E-state index contributed by atoms with van der Waals surface area (Å²) in [6.45, 7) is 0.0477. The number of ether oxygens (including phenoxy) is 1. The van der Waals surface area contributed by atoms with Crippen LogP contribution in [0.1, 0.15) is 62.2 Å². The standard InChI is InChI=1S/C25H27F6N3O4S/c1-39(36,37)34-22(35)15-17(21-11-13-33(32-21)19-7-8-19)16-23(34,25(29,30)31)18-5-9-20(10-6-18)38-14-4-2-3-12-24(26,27)28/h5-6,9-11,13,15,19H,2-4,7-8,12,14,16H2,1H3. The van der Waals surface area contributed by atoms with Crippen molar-refractivity contribution >= 4 is 21.5 Å². The maximum absolute atomic E-state index is 15.0. The highest BCUT2D eigenvalue weighted by Crippen LogP contribution is 2.53. The molecular formula is C25H27F6N3O4S. The van der Waals surface area contributed by atoms with E-state index in [0.717, 1.165) is 31.1 Å². The quantitative estimate of drug-likeness (QED) is 0.265. The van der Waals surface area contributed by atoms with Crippen LogP contribution in [-0.4, -0.2) is 53.6 Å². The molecule has 1 aliphatic heterocycles. The second kappa shape index (κ2) is 10.5. The molecule has 0 spiro atoms. The third kappa shape index (κ3) is 6.42. The summed E-state index contributed by atoms with van der Waals surface area (Å²) in [6, 6.07) is 6.16. The number of halogens is 6. The van der Waals surface area contributed by atoms with Crippen LogP contribution in [0.3, 0.4) is 0 Å². The molecule has 1 amide bonds. The van der Waals surface area contributed by atoms with Gasteiger partial charge in [0.15, 0.2) is 5.54 Å². The maximum Gasteiger partial charge on any atom is 0.417 e. The Kier molecular flexibility index (Phi) is 7.80. The zero-order chi connectivity index (χ0) is 28.6. The summed E-state index contributed by atoms with van der Waals surface area (Å²) in [5, 5.41) is 4.32. The van der Waals surface area contributed by atoms with Gasteiger partial charge in [0.1, 0.15) is 5.75 Å². The Morgan fingerprint density at radius 1 is 1.03 bits per heavy atom. The highest BCUT2D eigenvalue weighted by molar-refractivity contribution is 7.89. The van der Waals surface area contributed by atoms with Crippen molar-refractivity contribution in [2.24, 2.45) is 0 Å². The Bertz CT molecular complexity index is 1330. The summed E-state index contributed by atoms with van der Waals surface area (Å²) >= 11 is 0. The molecule has 214 valence electrons. The highest BCUT2D eigenvalue weighted by atomic mass is 32.2. The number of alkyl halides is 6. The van der Waals surface area contributed by atoms with E-state index >= 15 is 0 Å². The van der Waals surface area contributed by atoms with Gasteiger partial charge in [0.25, 0.3) is 5.91 Å². The Balaban J connectivity index is 1.61. The number of aromatic nitrogens is 2. The number of sulfonamides is 1. The predicted molar refractivity (Wildman–Crippen MR) is 129 cm³/mol. The maximum atomic E-state index is 15.0. The summed E-state index contributed by atoms with van der Waals surface area (Å²) < 4.78 is 114.